The number of carbonyl (C=O) groups is 1. The summed E-state index contributed by atoms with van der Waals surface area (Å²) in [5.74, 6) is 0.864. The SMILES string of the molecule is C=CCC1(C)CC(C)C(=O)c2ccccc2O1. The predicted octanol–water partition coefficient (Wildman–Crippen LogP) is 3.62. The Bertz CT molecular complexity index is 450. The van der Waals surface area contributed by atoms with Gasteiger partial charge in [0, 0.05) is 12.3 Å². The number of hydrogen-bond acceptors (Lipinski definition) is 2. The van der Waals surface area contributed by atoms with E-state index < -0.39 is 0 Å². The second-order valence-corrected chi connectivity index (χ2v) is 5.01. The Kier molecular flexibility index (Phi) is 3.05. The van der Waals surface area contributed by atoms with Crippen molar-refractivity contribution < 1.29 is 9.53 Å². The van der Waals surface area contributed by atoms with Gasteiger partial charge in [-0.05, 0) is 25.5 Å². The number of benzene rings is 1. The van der Waals surface area contributed by atoms with Crippen LogP contribution in [0.4, 0.5) is 0 Å². The largest absolute Gasteiger partial charge is 0.486 e. The molecule has 17 heavy (non-hydrogen) atoms. The third-order valence-corrected chi connectivity index (χ3v) is 3.27. The Morgan fingerprint density at radius 1 is 1.53 bits per heavy atom. The van der Waals surface area contributed by atoms with Crippen molar-refractivity contribution in [2.24, 2.45) is 5.92 Å². The summed E-state index contributed by atoms with van der Waals surface area (Å²) in [5, 5.41) is 0. The molecule has 2 heteroatoms. The second-order valence-electron chi connectivity index (χ2n) is 5.01. The minimum absolute atomic E-state index is 0.0106. The standard InChI is InChI=1S/C15H18O2/c1-4-9-15(3)10-11(2)14(16)12-7-5-6-8-13(12)17-15/h4-8,11H,1,9-10H2,2-3H3. The summed E-state index contributed by atoms with van der Waals surface area (Å²) in [7, 11) is 0. The molecular weight excluding hydrogens is 212 g/mol. The van der Waals surface area contributed by atoms with Crippen LogP contribution < -0.4 is 4.74 Å². The first-order valence-electron chi connectivity index (χ1n) is 5.99. The molecule has 0 bridgehead atoms. The summed E-state index contributed by atoms with van der Waals surface area (Å²) in [6, 6.07) is 7.49. The van der Waals surface area contributed by atoms with E-state index in [0.717, 1.165) is 12.8 Å². The van der Waals surface area contributed by atoms with Crippen molar-refractivity contribution in [3.8, 4) is 5.75 Å². The second kappa shape index (κ2) is 4.36. The van der Waals surface area contributed by atoms with Gasteiger partial charge in [-0.15, -0.1) is 6.58 Å². The lowest BCUT2D eigenvalue weighted by Gasteiger charge is -2.29. The molecule has 0 aliphatic carbocycles. The highest BCUT2D eigenvalue weighted by atomic mass is 16.5. The lowest BCUT2D eigenvalue weighted by atomic mass is 9.87. The van der Waals surface area contributed by atoms with Crippen LogP contribution in [0.15, 0.2) is 36.9 Å². The van der Waals surface area contributed by atoms with Gasteiger partial charge in [-0.2, -0.15) is 0 Å². The smallest absolute Gasteiger partial charge is 0.169 e. The molecule has 0 amide bonds. The van der Waals surface area contributed by atoms with Gasteiger partial charge < -0.3 is 4.74 Å². The molecule has 1 heterocycles. The van der Waals surface area contributed by atoms with Crippen molar-refractivity contribution in [1.82, 2.24) is 0 Å². The maximum Gasteiger partial charge on any atom is 0.169 e. The zero-order valence-electron chi connectivity index (χ0n) is 10.4. The zero-order chi connectivity index (χ0) is 12.5. The van der Waals surface area contributed by atoms with Gasteiger partial charge in [0.15, 0.2) is 5.78 Å². The van der Waals surface area contributed by atoms with Gasteiger partial charge in [0.2, 0.25) is 0 Å². The third-order valence-electron chi connectivity index (χ3n) is 3.27. The fourth-order valence-electron chi connectivity index (χ4n) is 2.50. The Hall–Kier alpha value is -1.57. The summed E-state index contributed by atoms with van der Waals surface area (Å²) < 4.78 is 6.03. The van der Waals surface area contributed by atoms with Gasteiger partial charge in [-0.1, -0.05) is 25.1 Å². The lowest BCUT2D eigenvalue weighted by Crippen LogP contribution is -2.33. The van der Waals surface area contributed by atoms with Crippen molar-refractivity contribution >= 4 is 5.78 Å². The van der Waals surface area contributed by atoms with E-state index in [2.05, 4.69) is 6.58 Å². The fraction of sp³-hybridized carbons (Fsp3) is 0.400. The average Bonchev–Trinajstić information content (AvgIpc) is 2.36. The number of Topliss-reactive ketones (excluding diaryl/α,β-unsaturated/α-hetero) is 1. The van der Waals surface area contributed by atoms with E-state index in [0.29, 0.717) is 11.3 Å². The van der Waals surface area contributed by atoms with Crippen molar-refractivity contribution in [3.63, 3.8) is 0 Å². The van der Waals surface area contributed by atoms with Crippen LogP contribution in [0.2, 0.25) is 0 Å². The molecule has 2 atom stereocenters. The van der Waals surface area contributed by atoms with Gasteiger partial charge in [0.25, 0.3) is 0 Å². The molecular formula is C15H18O2. The van der Waals surface area contributed by atoms with Crippen LogP contribution in [-0.4, -0.2) is 11.4 Å². The minimum atomic E-state index is -0.330. The molecule has 2 rings (SSSR count). The van der Waals surface area contributed by atoms with E-state index in [1.165, 1.54) is 0 Å². The number of ether oxygens (including phenoxy) is 1. The van der Waals surface area contributed by atoms with E-state index >= 15 is 0 Å². The van der Waals surface area contributed by atoms with E-state index in [1.807, 2.05) is 44.2 Å². The van der Waals surface area contributed by atoms with Crippen molar-refractivity contribution in [3.05, 3.63) is 42.5 Å². The van der Waals surface area contributed by atoms with Gasteiger partial charge >= 0.3 is 0 Å². The highest BCUT2D eigenvalue weighted by Gasteiger charge is 2.35. The molecule has 2 unspecified atom stereocenters. The molecule has 0 aromatic heterocycles. The molecule has 0 radical (unpaired) electrons. The first kappa shape index (κ1) is 11.9. The van der Waals surface area contributed by atoms with Crippen LogP contribution in [0.1, 0.15) is 37.0 Å². The van der Waals surface area contributed by atoms with E-state index in [9.17, 15) is 4.79 Å². The van der Waals surface area contributed by atoms with Gasteiger partial charge in [-0.25, -0.2) is 0 Å². The first-order chi connectivity index (χ1) is 8.06. The average molecular weight is 230 g/mol. The highest BCUT2D eigenvalue weighted by Crippen LogP contribution is 2.36. The van der Waals surface area contributed by atoms with Crippen LogP contribution in [0, 0.1) is 5.92 Å². The predicted molar refractivity (Wildman–Crippen MR) is 68.4 cm³/mol. The van der Waals surface area contributed by atoms with Crippen LogP contribution in [0.5, 0.6) is 5.75 Å². The van der Waals surface area contributed by atoms with Crippen molar-refractivity contribution in [2.75, 3.05) is 0 Å². The number of fused-ring (bicyclic) bond motifs is 1. The van der Waals surface area contributed by atoms with Crippen molar-refractivity contribution in [2.45, 2.75) is 32.3 Å². The molecule has 1 aliphatic rings. The topological polar surface area (TPSA) is 26.3 Å². The Labute approximate surface area is 102 Å². The number of hydrogen-bond donors (Lipinski definition) is 0. The monoisotopic (exact) mass is 230 g/mol. The number of rotatable bonds is 2. The maximum atomic E-state index is 12.2. The lowest BCUT2D eigenvalue weighted by molar-refractivity contribution is 0.0676. The van der Waals surface area contributed by atoms with Gasteiger partial charge in [-0.3, -0.25) is 4.79 Å². The van der Waals surface area contributed by atoms with Crippen LogP contribution in [0.25, 0.3) is 0 Å². The number of ketones is 1. The molecule has 0 N–H and O–H groups in total. The first-order valence-corrected chi connectivity index (χ1v) is 5.99. The highest BCUT2D eigenvalue weighted by molar-refractivity contribution is 6.00. The molecule has 1 aliphatic heterocycles. The molecule has 1 aromatic carbocycles. The fourth-order valence-corrected chi connectivity index (χ4v) is 2.50. The molecule has 0 saturated heterocycles. The Morgan fingerprint density at radius 3 is 2.94 bits per heavy atom. The normalized spacial score (nSPS) is 27.9. The summed E-state index contributed by atoms with van der Waals surface area (Å²) in [4.78, 5) is 12.2. The molecule has 2 nitrogen and oxygen atoms in total. The summed E-state index contributed by atoms with van der Waals surface area (Å²) in [6.07, 6.45) is 3.33. The molecule has 1 aromatic rings. The summed E-state index contributed by atoms with van der Waals surface area (Å²) in [5.41, 5.74) is 0.372. The Morgan fingerprint density at radius 2 is 2.24 bits per heavy atom. The Balaban J connectivity index is 2.45. The number of carbonyl (C=O) groups excluding carboxylic acids is 1. The van der Waals surface area contributed by atoms with E-state index in [1.54, 1.807) is 0 Å². The van der Waals surface area contributed by atoms with Gasteiger partial charge in [0.1, 0.15) is 11.4 Å². The van der Waals surface area contributed by atoms with Crippen LogP contribution >= 0.6 is 0 Å². The van der Waals surface area contributed by atoms with Crippen LogP contribution in [-0.2, 0) is 0 Å². The number of para-hydroxylation sites is 1. The van der Waals surface area contributed by atoms with Crippen molar-refractivity contribution in [1.29, 1.82) is 0 Å². The molecule has 0 saturated carbocycles. The molecule has 0 spiro atoms. The maximum absolute atomic E-state index is 12.2. The molecule has 90 valence electrons. The third kappa shape index (κ3) is 2.26. The summed E-state index contributed by atoms with van der Waals surface area (Å²) in [6.45, 7) is 7.78. The minimum Gasteiger partial charge on any atom is -0.486 e. The zero-order valence-corrected chi connectivity index (χ0v) is 10.4. The van der Waals surface area contributed by atoms with Gasteiger partial charge in [0.05, 0.1) is 5.56 Å². The van der Waals surface area contributed by atoms with Crippen LogP contribution in [0.3, 0.4) is 0 Å². The van der Waals surface area contributed by atoms with E-state index in [-0.39, 0.29) is 17.3 Å². The summed E-state index contributed by atoms with van der Waals surface area (Å²) >= 11 is 0. The quantitative estimate of drug-likeness (QED) is 0.725. The molecule has 0 fully saturated rings. The van der Waals surface area contributed by atoms with E-state index in [4.69, 9.17) is 4.74 Å².